The van der Waals surface area contributed by atoms with Gasteiger partial charge in [0.2, 0.25) is 10.0 Å². The minimum absolute atomic E-state index is 0.244. The summed E-state index contributed by atoms with van der Waals surface area (Å²) in [7, 11) is -6.98. The van der Waals surface area contributed by atoms with Crippen molar-refractivity contribution in [3.05, 3.63) is 120 Å². The summed E-state index contributed by atoms with van der Waals surface area (Å²) in [4.78, 5) is 11.8. The number of amides is 1. The van der Waals surface area contributed by atoms with Crippen LogP contribution in [0.1, 0.15) is 16.7 Å². The highest BCUT2D eigenvalue weighted by Gasteiger charge is 2.22. The lowest BCUT2D eigenvalue weighted by Gasteiger charge is -2.22. The Morgan fingerprint density at radius 2 is 1.70 bits per heavy atom. The fraction of sp³-hybridized carbons (Fsp3) is 0.111. The topological polar surface area (TPSA) is 118 Å². The van der Waals surface area contributed by atoms with Gasteiger partial charge in [-0.15, -0.1) is 0 Å². The van der Waals surface area contributed by atoms with Crippen LogP contribution in [0.25, 0.3) is 6.08 Å². The number of nitrogens with one attached hydrogen (secondary N) is 1. The van der Waals surface area contributed by atoms with Crippen molar-refractivity contribution >= 4 is 37.7 Å². The number of carbonyl (C=O) groups is 1. The summed E-state index contributed by atoms with van der Waals surface area (Å²) in [6, 6.07) is 17.2. The van der Waals surface area contributed by atoms with Gasteiger partial charge in [-0.05, 0) is 53.1 Å². The molecule has 13 heteroatoms. The van der Waals surface area contributed by atoms with Crippen LogP contribution < -0.4 is 9.03 Å². The Hall–Kier alpha value is -4.36. The molecule has 4 rings (SSSR count). The molecule has 0 radical (unpaired) electrons. The summed E-state index contributed by atoms with van der Waals surface area (Å²) in [5, 5.41) is 4.16. The predicted molar refractivity (Wildman–Crippen MR) is 146 cm³/mol. The summed E-state index contributed by atoms with van der Waals surface area (Å²) in [5.41, 5.74) is 1.86. The van der Waals surface area contributed by atoms with E-state index in [9.17, 15) is 30.4 Å². The molecule has 0 spiro atoms. The van der Waals surface area contributed by atoms with Crippen LogP contribution in [0.4, 0.5) is 14.5 Å². The third-order valence-corrected chi connectivity index (χ3v) is 8.87. The van der Waals surface area contributed by atoms with E-state index < -0.39 is 42.5 Å². The van der Waals surface area contributed by atoms with Gasteiger partial charge in [0.05, 0.1) is 22.9 Å². The van der Waals surface area contributed by atoms with Gasteiger partial charge >= 0.3 is 0 Å². The van der Waals surface area contributed by atoms with Crippen LogP contribution in [0, 0.1) is 11.6 Å². The minimum atomic E-state index is -4.50. The molecular formula is C27H24F2N4O5S2. The predicted octanol–water partition coefficient (Wildman–Crippen LogP) is 3.69. The fourth-order valence-corrected chi connectivity index (χ4v) is 5.97. The second-order valence-corrected chi connectivity index (χ2v) is 12.4. The molecule has 0 saturated heterocycles. The number of anilines is 1. The van der Waals surface area contributed by atoms with E-state index in [1.54, 1.807) is 76.4 Å². The van der Waals surface area contributed by atoms with Crippen molar-refractivity contribution in [1.82, 2.24) is 14.5 Å². The normalized spacial score (nSPS) is 12.0. The van der Waals surface area contributed by atoms with Gasteiger partial charge in [0.25, 0.3) is 15.9 Å². The molecule has 1 amide bonds. The van der Waals surface area contributed by atoms with E-state index >= 15 is 0 Å². The second kappa shape index (κ2) is 11.8. The van der Waals surface area contributed by atoms with Gasteiger partial charge < -0.3 is 0 Å². The van der Waals surface area contributed by atoms with Gasteiger partial charge in [0.15, 0.2) is 11.6 Å². The summed E-state index contributed by atoms with van der Waals surface area (Å²) < 4.78 is 82.6. The molecule has 0 saturated carbocycles. The molecule has 0 bridgehead atoms. The van der Waals surface area contributed by atoms with Crippen molar-refractivity contribution in [3.8, 4) is 0 Å². The van der Waals surface area contributed by atoms with E-state index in [-0.39, 0.29) is 11.4 Å². The van der Waals surface area contributed by atoms with Crippen LogP contribution in [0.2, 0.25) is 0 Å². The standard InChI is InChI=1S/C27H24F2N4O5S2/c1-32(39(35,36)19-20-6-3-2-4-7-20)26-16-21(18-33-15-5-14-30-33)8-9-22(26)10-13-27(34)31-40(37,38)23-11-12-24(28)25(29)17-23/h2-17H,18-19H2,1H3,(H,31,34). The maximum absolute atomic E-state index is 13.5. The third-order valence-electron chi connectivity index (χ3n) is 5.80. The first-order valence-corrected chi connectivity index (χ1v) is 14.8. The van der Waals surface area contributed by atoms with Gasteiger partial charge in [0.1, 0.15) is 0 Å². The monoisotopic (exact) mass is 586 g/mol. The van der Waals surface area contributed by atoms with Crippen molar-refractivity contribution in [2.24, 2.45) is 0 Å². The first-order valence-electron chi connectivity index (χ1n) is 11.8. The lowest BCUT2D eigenvalue weighted by Crippen LogP contribution is -2.29. The van der Waals surface area contributed by atoms with E-state index in [1.807, 2.05) is 0 Å². The van der Waals surface area contributed by atoms with Gasteiger partial charge in [-0.2, -0.15) is 5.10 Å². The zero-order chi connectivity index (χ0) is 28.9. The van der Waals surface area contributed by atoms with Crippen LogP contribution in [0.15, 0.2) is 96.2 Å². The number of aromatic nitrogens is 2. The number of halogens is 2. The van der Waals surface area contributed by atoms with Crippen molar-refractivity contribution in [3.63, 3.8) is 0 Å². The van der Waals surface area contributed by atoms with Gasteiger partial charge in [-0.1, -0.05) is 42.5 Å². The molecule has 1 heterocycles. The summed E-state index contributed by atoms with van der Waals surface area (Å²) in [6.45, 7) is 0.351. The molecule has 9 nitrogen and oxygen atoms in total. The molecule has 4 aromatic rings. The van der Waals surface area contributed by atoms with Gasteiger partial charge in [-0.3, -0.25) is 13.8 Å². The number of hydrogen-bond acceptors (Lipinski definition) is 6. The lowest BCUT2D eigenvalue weighted by molar-refractivity contribution is -0.114. The molecule has 0 atom stereocenters. The maximum Gasteiger partial charge on any atom is 0.264 e. The molecule has 0 unspecified atom stereocenters. The molecule has 0 fully saturated rings. The van der Waals surface area contributed by atoms with E-state index in [4.69, 9.17) is 0 Å². The largest absolute Gasteiger partial charge is 0.272 e. The highest BCUT2D eigenvalue weighted by Crippen LogP contribution is 2.27. The SMILES string of the molecule is CN(c1cc(Cn2cccn2)ccc1C=CC(=O)NS(=O)(=O)c1ccc(F)c(F)c1)S(=O)(=O)Cc1ccccc1. The Bertz CT molecular complexity index is 1760. The first kappa shape index (κ1) is 28.6. The van der Waals surface area contributed by atoms with Gasteiger partial charge in [-0.25, -0.2) is 30.3 Å². The summed E-state index contributed by atoms with van der Waals surface area (Å²) in [6.07, 6.45) is 5.53. The van der Waals surface area contributed by atoms with Crippen LogP contribution >= 0.6 is 0 Å². The Morgan fingerprint density at radius 1 is 0.950 bits per heavy atom. The van der Waals surface area contributed by atoms with E-state index in [2.05, 4.69) is 5.10 Å². The summed E-state index contributed by atoms with van der Waals surface area (Å²) in [5.74, 6) is -3.97. The number of rotatable bonds is 10. The number of benzene rings is 3. The quantitative estimate of drug-likeness (QED) is 0.283. The average molecular weight is 587 g/mol. The van der Waals surface area contributed by atoms with Crippen LogP contribution in [-0.2, 0) is 37.1 Å². The third kappa shape index (κ3) is 6.98. The number of hydrogen-bond donors (Lipinski definition) is 1. The molecule has 0 aliphatic carbocycles. The zero-order valence-electron chi connectivity index (χ0n) is 21.1. The van der Waals surface area contributed by atoms with Crippen molar-refractivity contribution < 1.29 is 30.4 Å². The maximum atomic E-state index is 13.5. The molecule has 208 valence electrons. The Kier molecular flexibility index (Phi) is 8.45. The summed E-state index contributed by atoms with van der Waals surface area (Å²) >= 11 is 0. The van der Waals surface area contributed by atoms with Crippen LogP contribution in [0.5, 0.6) is 0 Å². The molecule has 1 N–H and O–H groups in total. The molecule has 40 heavy (non-hydrogen) atoms. The van der Waals surface area contributed by atoms with Crippen molar-refractivity contribution in [2.45, 2.75) is 17.2 Å². The molecule has 0 aliphatic rings. The van der Waals surface area contributed by atoms with Crippen LogP contribution in [0.3, 0.4) is 0 Å². The average Bonchev–Trinajstić information content (AvgIpc) is 3.42. The first-order chi connectivity index (χ1) is 18.9. The smallest absolute Gasteiger partial charge is 0.264 e. The van der Waals surface area contributed by atoms with Gasteiger partial charge in [0, 0.05) is 25.5 Å². The molecule has 0 aliphatic heterocycles. The Balaban J connectivity index is 1.62. The van der Waals surface area contributed by atoms with E-state index in [0.717, 1.165) is 22.0 Å². The van der Waals surface area contributed by atoms with Crippen molar-refractivity contribution in [1.29, 1.82) is 0 Å². The molecule has 1 aromatic heterocycles. The fourth-order valence-electron chi connectivity index (χ4n) is 3.75. The lowest BCUT2D eigenvalue weighted by atomic mass is 10.1. The second-order valence-electron chi connectivity index (χ2n) is 8.69. The Labute approximate surface area is 230 Å². The minimum Gasteiger partial charge on any atom is -0.272 e. The van der Waals surface area contributed by atoms with Crippen molar-refractivity contribution in [2.75, 3.05) is 11.4 Å². The highest BCUT2D eigenvalue weighted by molar-refractivity contribution is 7.92. The number of carbonyl (C=O) groups excluding carboxylic acids is 1. The van der Waals surface area contributed by atoms with E-state index in [0.29, 0.717) is 29.8 Å². The molecular weight excluding hydrogens is 562 g/mol. The zero-order valence-corrected chi connectivity index (χ0v) is 22.7. The number of nitrogens with zero attached hydrogens (tertiary/aromatic N) is 3. The highest BCUT2D eigenvalue weighted by atomic mass is 32.2. The molecule has 3 aromatic carbocycles. The number of sulfonamides is 2. The van der Waals surface area contributed by atoms with E-state index in [1.165, 1.54) is 13.1 Å². The van der Waals surface area contributed by atoms with Crippen LogP contribution in [-0.4, -0.2) is 39.6 Å². The Morgan fingerprint density at radius 3 is 2.38 bits per heavy atom.